The lowest BCUT2D eigenvalue weighted by molar-refractivity contribution is 0.122. The number of aryl methyl sites for hydroxylation is 1. The Balaban J connectivity index is 1.43. The van der Waals surface area contributed by atoms with Crippen LogP contribution < -0.4 is 4.74 Å². The van der Waals surface area contributed by atoms with Crippen LogP contribution in [0.15, 0.2) is 30.6 Å². The molecule has 3 heterocycles. The minimum Gasteiger partial charge on any atom is -0.481 e. The normalized spacial score (nSPS) is 16.6. The monoisotopic (exact) mass is 315 g/mol. The highest BCUT2D eigenvalue weighted by molar-refractivity contribution is 5.15. The zero-order valence-corrected chi connectivity index (χ0v) is 14.0. The third-order valence-electron chi connectivity index (χ3n) is 4.25. The Morgan fingerprint density at radius 1 is 1.09 bits per heavy atom. The molecule has 1 aliphatic rings. The summed E-state index contributed by atoms with van der Waals surface area (Å²) in [7, 11) is 1.66. The van der Waals surface area contributed by atoms with Crippen LogP contribution in [0.2, 0.25) is 0 Å². The second-order valence-corrected chi connectivity index (χ2v) is 6.07. The lowest BCUT2D eigenvalue weighted by atomic mass is 10.2. The zero-order chi connectivity index (χ0) is 16.1. The number of rotatable bonds is 6. The number of pyridine rings is 1. The highest BCUT2D eigenvalue weighted by Crippen LogP contribution is 2.11. The average Bonchev–Trinajstić information content (AvgIpc) is 3.00. The molecule has 1 fully saturated rings. The standard InChI is InChI=1S/C17H25N5O/c1-15-12-18-22(13-15)11-10-20-6-8-21(9-7-20)14-16-4-3-5-17(19-16)23-2/h3-5,12-13H,6-11,14H2,1-2H3. The predicted octanol–water partition coefficient (Wildman–Crippen LogP) is 1.41. The summed E-state index contributed by atoms with van der Waals surface area (Å²) in [6, 6.07) is 5.96. The van der Waals surface area contributed by atoms with Crippen molar-refractivity contribution in [1.82, 2.24) is 24.6 Å². The van der Waals surface area contributed by atoms with E-state index in [1.807, 2.05) is 23.0 Å². The first-order valence-electron chi connectivity index (χ1n) is 8.16. The Kier molecular flexibility index (Phi) is 5.25. The molecule has 0 amide bonds. The molecule has 0 radical (unpaired) electrons. The Bertz CT molecular complexity index is 619. The lowest BCUT2D eigenvalue weighted by Gasteiger charge is -2.34. The van der Waals surface area contributed by atoms with Crippen LogP contribution in [0.5, 0.6) is 5.88 Å². The van der Waals surface area contributed by atoms with E-state index in [0.29, 0.717) is 5.88 Å². The maximum absolute atomic E-state index is 5.19. The van der Waals surface area contributed by atoms with Crippen molar-refractivity contribution in [3.63, 3.8) is 0 Å². The van der Waals surface area contributed by atoms with Crippen LogP contribution in [0.25, 0.3) is 0 Å². The fraction of sp³-hybridized carbons (Fsp3) is 0.529. The SMILES string of the molecule is COc1cccc(CN2CCN(CCn3cc(C)cn3)CC2)n1. The van der Waals surface area contributed by atoms with E-state index in [0.717, 1.165) is 51.5 Å². The molecule has 1 saturated heterocycles. The number of ether oxygens (including phenoxy) is 1. The fourth-order valence-electron chi connectivity index (χ4n) is 2.89. The summed E-state index contributed by atoms with van der Waals surface area (Å²) in [6.07, 6.45) is 4.02. The Hall–Kier alpha value is -1.92. The molecule has 6 nitrogen and oxygen atoms in total. The van der Waals surface area contributed by atoms with Crippen molar-refractivity contribution < 1.29 is 4.74 Å². The molecule has 0 aliphatic carbocycles. The highest BCUT2D eigenvalue weighted by Gasteiger charge is 2.17. The molecular weight excluding hydrogens is 290 g/mol. The van der Waals surface area contributed by atoms with E-state index in [2.05, 4.69) is 39.1 Å². The van der Waals surface area contributed by atoms with Gasteiger partial charge in [0.1, 0.15) is 0 Å². The number of hydrogen-bond donors (Lipinski definition) is 0. The van der Waals surface area contributed by atoms with Gasteiger partial charge in [0, 0.05) is 51.5 Å². The molecule has 0 atom stereocenters. The first-order valence-corrected chi connectivity index (χ1v) is 8.16. The third kappa shape index (κ3) is 4.53. The smallest absolute Gasteiger partial charge is 0.213 e. The number of aromatic nitrogens is 3. The van der Waals surface area contributed by atoms with E-state index < -0.39 is 0 Å². The van der Waals surface area contributed by atoms with Crippen LogP contribution in [0.1, 0.15) is 11.3 Å². The van der Waals surface area contributed by atoms with Crippen molar-refractivity contribution in [3.05, 3.63) is 41.9 Å². The maximum atomic E-state index is 5.19. The van der Waals surface area contributed by atoms with Crippen LogP contribution in [0.3, 0.4) is 0 Å². The van der Waals surface area contributed by atoms with Gasteiger partial charge in [0.25, 0.3) is 0 Å². The Morgan fingerprint density at radius 3 is 2.57 bits per heavy atom. The quantitative estimate of drug-likeness (QED) is 0.807. The van der Waals surface area contributed by atoms with E-state index in [-0.39, 0.29) is 0 Å². The first-order chi connectivity index (χ1) is 11.2. The predicted molar refractivity (Wildman–Crippen MR) is 89.5 cm³/mol. The minimum absolute atomic E-state index is 0.690. The summed E-state index contributed by atoms with van der Waals surface area (Å²) in [4.78, 5) is 9.45. The summed E-state index contributed by atoms with van der Waals surface area (Å²) < 4.78 is 7.22. The number of hydrogen-bond acceptors (Lipinski definition) is 5. The van der Waals surface area contributed by atoms with Crippen molar-refractivity contribution in [2.24, 2.45) is 0 Å². The molecule has 1 aliphatic heterocycles. The van der Waals surface area contributed by atoms with E-state index in [1.165, 1.54) is 5.56 Å². The molecule has 124 valence electrons. The van der Waals surface area contributed by atoms with Gasteiger partial charge in [0.05, 0.1) is 25.5 Å². The number of methoxy groups -OCH3 is 1. The van der Waals surface area contributed by atoms with Crippen molar-refractivity contribution >= 4 is 0 Å². The second kappa shape index (κ2) is 7.57. The average molecular weight is 315 g/mol. The van der Waals surface area contributed by atoms with Crippen LogP contribution in [-0.2, 0) is 13.1 Å². The summed E-state index contributed by atoms with van der Waals surface area (Å²) in [5.41, 5.74) is 2.30. The van der Waals surface area contributed by atoms with Gasteiger partial charge in [-0.05, 0) is 18.6 Å². The lowest BCUT2D eigenvalue weighted by Crippen LogP contribution is -2.46. The fourth-order valence-corrected chi connectivity index (χ4v) is 2.89. The van der Waals surface area contributed by atoms with Crippen LogP contribution >= 0.6 is 0 Å². The van der Waals surface area contributed by atoms with Gasteiger partial charge >= 0.3 is 0 Å². The summed E-state index contributed by atoms with van der Waals surface area (Å²) in [5, 5.41) is 4.35. The van der Waals surface area contributed by atoms with Crippen molar-refractivity contribution in [2.45, 2.75) is 20.0 Å². The molecule has 2 aromatic rings. The van der Waals surface area contributed by atoms with Gasteiger partial charge < -0.3 is 4.74 Å². The topological polar surface area (TPSA) is 46.4 Å². The van der Waals surface area contributed by atoms with Crippen molar-refractivity contribution in [1.29, 1.82) is 0 Å². The van der Waals surface area contributed by atoms with Crippen LogP contribution in [-0.4, -0.2) is 64.4 Å². The molecule has 3 rings (SSSR count). The molecule has 0 saturated carbocycles. The number of piperazine rings is 1. The van der Waals surface area contributed by atoms with Gasteiger partial charge in [-0.2, -0.15) is 5.10 Å². The van der Waals surface area contributed by atoms with Gasteiger partial charge in [0.15, 0.2) is 0 Å². The Morgan fingerprint density at radius 2 is 1.87 bits per heavy atom. The molecule has 2 aromatic heterocycles. The van der Waals surface area contributed by atoms with Crippen molar-refractivity contribution in [3.8, 4) is 5.88 Å². The number of nitrogens with zero attached hydrogens (tertiary/aromatic N) is 5. The van der Waals surface area contributed by atoms with Gasteiger partial charge in [-0.15, -0.1) is 0 Å². The zero-order valence-electron chi connectivity index (χ0n) is 14.0. The molecule has 0 bridgehead atoms. The minimum atomic E-state index is 0.690. The summed E-state index contributed by atoms with van der Waals surface area (Å²) in [5.74, 6) is 0.690. The van der Waals surface area contributed by atoms with E-state index >= 15 is 0 Å². The Labute approximate surface area is 137 Å². The van der Waals surface area contributed by atoms with Crippen molar-refractivity contribution in [2.75, 3.05) is 39.8 Å². The van der Waals surface area contributed by atoms with Gasteiger partial charge in [0.2, 0.25) is 5.88 Å². The summed E-state index contributed by atoms with van der Waals surface area (Å²) in [6.45, 7) is 9.36. The second-order valence-electron chi connectivity index (χ2n) is 6.07. The van der Waals surface area contributed by atoms with Crippen LogP contribution in [0.4, 0.5) is 0 Å². The third-order valence-corrected chi connectivity index (χ3v) is 4.25. The molecule has 0 unspecified atom stereocenters. The maximum Gasteiger partial charge on any atom is 0.213 e. The van der Waals surface area contributed by atoms with E-state index in [9.17, 15) is 0 Å². The van der Waals surface area contributed by atoms with Crippen LogP contribution in [0, 0.1) is 6.92 Å². The molecular formula is C17H25N5O. The van der Waals surface area contributed by atoms with Gasteiger partial charge in [-0.25, -0.2) is 4.98 Å². The molecule has 0 aromatic carbocycles. The molecule has 0 spiro atoms. The van der Waals surface area contributed by atoms with E-state index in [1.54, 1.807) is 7.11 Å². The molecule has 6 heteroatoms. The van der Waals surface area contributed by atoms with E-state index in [4.69, 9.17) is 4.74 Å². The van der Waals surface area contributed by atoms with Gasteiger partial charge in [-0.3, -0.25) is 14.5 Å². The molecule has 0 N–H and O–H groups in total. The highest BCUT2D eigenvalue weighted by atomic mass is 16.5. The van der Waals surface area contributed by atoms with Gasteiger partial charge in [-0.1, -0.05) is 6.07 Å². The molecule has 23 heavy (non-hydrogen) atoms. The largest absolute Gasteiger partial charge is 0.481 e. The first kappa shape index (κ1) is 16.0. The summed E-state index contributed by atoms with van der Waals surface area (Å²) >= 11 is 0.